The Labute approximate surface area is 512 Å². The fourth-order valence-corrected chi connectivity index (χ4v) is 12.4. The van der Waals surface area contributed by atoms with Crippen molar-refractivity contribution in [3.05, 3.63) is 68.8 Å². The summed E-state index contributed by atoms with van der Waals surface area (Å²) in [5.74, 6) is -1.21. The van der Waals surface area contributed by atoms with Gasteiger partial charge in [0.25, 0.3) is 11.8 Å². The molecule has 22 nitrogen and oxygen atoms in total. The summed E-state index contributed by atoms with van der Waals surface area (Å²) in [7, 11) is 2.48. The molecule has 8 rings (SSSR count). The van der Waals surface area contributed by atoms with Gasteiger partial charge < -0.3 is 69.4 Å². The number of allylic oxidation sites excluding steroid dienone is 2. The average molecular weight is 1190 g/mol. The molecule has 1 unspecified atom stereocenters. The van der Waals surface area contributed by atoms with Gasteiger partial charge in [0.1, 0.15) is 35.5 Å². The van der Waals surface area contributed by atoms with Crippen molar-refractivity contribution in [2.45, 2.75) is 141 Å². The molecule has 0 aliphatic carbocycles. The molecule has 0 spiro atoms. The Morgan fingerprint density at radius 3 is 2.30 bits per heavy atom. The number of alkyl carbamates (subject to hydrolysis) is 1. The summed E-state index contributed by atoms with van der Waals surface area (Å²) >= 11 is 1.24. The van der Waals surface area contributed by atoms with Crippen LogP contribution in [0.15, 0.2) is 18.2 Å². The number of nitrogens with zero attached hydrogens (tertiary/aromatic N) is 5. The third-order valence-electron chi connectivity index (χ3n) is 15.9. The maximum Gasteiger partial charge on any atom is 1.00 e. The van der Waals surface area contributed by atoms with E-state index in [0.29, 0.717) is 104 Å². The molecule has 2 saturated heterocycles. The molecule has 5 aliphatic heterocycles. The minimum atomic E-state index is -1.47. The third kappa shape index (κ3) is 15.8. The minimum absolute atomic E-state index is 0. The first-order valence-electron chi connectivity index (χ1n) is 28.5. The van der Waals surface area contributed by atoms with E-state index in [4.69, 9.17) is 38.8 Å². The molecule has 452 valence electrons. The fraction of sp³-hybridized carbons (Fsp3) is 0.627. The molecule has 0 aromatic carbocycles. The Bertz CT molecular complexity index is 2970. The van der Waals surface area contributed by atoms with Crippen LogP contribution in [-0.2, 0) is 28.5 Å². The number of nitrogens with one attached hydrogen (secondary N) is 3. The Balaban J connectivity index is 0.00000365. The van der Waals surface area contributed by atoms with E-state index >= 15 is 4.79 Å². The summed E-state index contributed by atoms with van der Waals surface area (Å²) < 4.78 is 28.9. The molecule has 5 aliphatic rings. The summed E-state index contributed by atoms with van der Waals surface area (Å²) in [4.78, 5) is 79.5. The number of amides is 4. The second-order valence-corrected chi connectivity index (χ2v) is 23.6. The standard InChI is InChI=1S/C58H82N8O13S.CH3O.Na/c1-11-36-31(2)38-29-43-46(35(6)77-25-24-75-21-15-59-57(74)79-58(7,8)9)33(4)40(61-43)27-39-32(3)37(13-14-45(68)64(10)16-12-26-80-56-53(71)52(70)51(69)44(30-67)78-56)49(62-39)48-50-47(34(5)41(63-50)28-42(36)60-38)54(72)66(55(48)73)18-17-65-19-22-76-23-20-65;1-2;/h27-29,32,35,37,44,51-53,56,61,63,67,69-71H,11-26,30H2,1-10H3,(H,59,74);1H3;/q;-1;+1/t32-,35?,37-,44+,51+,52-,53+,56-;;/m0../s1. The summed E-state index contributed by atoms with van der Waals surface area (Å²) in [5.41, 5.74) is 9.16. The van der Waals surface area contributed by atoms with E-state index < -0.39 is 66.1 Å². The number of carbonyl (C=O) groups excluding carboxylic acids is 4. The van der Waals surface area contributed by atoms with Crippen LogP contribution in [0.5, 0.6) is 0 Å². The van der Waals surface area contributed by atoms with Gasteiger partial charge in [0.15, 0.2) is 0 Å². The predicted octanol–water partition coefficient (Wildman–Crippen LogP) is 1.85. The topological polar surface area (TPSA) is 298 Å². The number of morpholine rings is 1. The van der Waals surface area contributed by atoms with Crippen molar-refractivity contribution in [2.75, 3.05) is 98.8 Å². The minimum Gasteiger partial charge on any atom is -0.857 e. The summed E-state index contributed by atoms with van der Waals surface area (Å²) in [6.07, 6.45) is -4.50. The summed E-state index contributed by atoms with van der Waals surface area (Å²) in [6, 6.07) is 6.04. The molecule has 0 radical (unpaired) electrons. The number of aromatic nitrogens is 4. The number of rotatable bonds is 21. The van der Waals surface area contributed by atoms with E-state index in [1.54, 1.807) is 32.7 Å². The van der Waals surface area contributed by atoms with E-state index in [1.165, 1.54) is 16.7 Å². The first-order valence-corrected chi connectivity index (χ1v) is 29.5. The van der Waals surface area contributed by atoms with Gasteiger partial charge in [-0.25, -0.2) is 9.78 Å². The van der Waals surface area contributed by atoms with Gasteiger partial charge in [-0.2, -0.15) is 7.11 Å². The van der Waals surface area contributed by atoms with Crippen LogP contribution in [0, 0.1) is 13.8 Å². The summed E-state index contributed by atoms with van der Waals surface area (Å²) in [6.45, 7) is 21.7. The second kappa shape index (κ2) is 30.4. The van der Waals surface area contributed by atoms with Crippen LogP contribution in [0.25, 0.3) is 33.2 Å². The van der Waals surface area contributed by atoms with E-state index in [0.717, 1.165) is 51.8 Å². The Hall–Kier alpha value is -4.31. The molecule has 4 amide bonds. The molecule has 8 heterocycles. The van der Waals surface area contributed by atoms with Crippen LogP contribution in [0.2, 0.25) is 0 Å². The molecule has 3 aromatic heterocycles. The molecule has 2 fully saturated rings. The number of aromatic amines is 2. The van der Waals surface area contributed by atoms with Gasteiger partial charge in [0.05, 0.1) is 79.5 Å². The van der Waals surface area contributed by atoms with Crippen molar-refractivity contribution in [1.82, 2.24) is 40.0 Å². The van der Waals surface area contributed by atoms with Gasteiger partial charge >= 0.3 is 35.7 Å². The number of aliphatic hydroxyl groups is 4. The van der Waals surface area contributed by atoms with Crippen molar-refractivity contribution in [2.24, 2.45) is 0 Å². The van der Waals surface area contributed by atoms with E-state index in [9.17, 15) is 34.8 Å². The van der Waals surface area contributed by atoms with E-state index in [-0.39, 0.29) is 86.6 Å². The van der Waals surface area contributed by atoms with Crippen LogP contribution in [0.3, 0.4) is 0 Å². The maximum absolute atomic E-state index is 15.4. The fourth-order valence-electron chi connectivity index (χ4n) is 11.2. The van der Waals surface area contributed by atoms with Crippen molar-refractivity contribution in [3.8, 4) is 0 Å². The van der Waals surface area contributed by atoms with Crippen LogP contribution in [0.1, 0.15) is 152 Å². The molecule has 0 saturated carbocycles. The molecule has 24 heteroatoms. The van der Waals surface area contributed by atoms with Crippen LogP contribution < -0.4 is 40.0 Å². The molecule has 7 N–H and O–H groups in total. The van der Waals surface area contributed by atoms with Gasteiger partial charge in [0, 0.05) is 92.4 Å². The largest absolute Gasteiger partial charge is 1.00 e. The number of thioether (sulfide) groups is 1. The number of H-pyrrole nitrogens is 2. The zero-order valence-corrected chi connectivity index (χ0v) is 53.2. The Morgan fingerprint density at radius 2 is 1.61 bits per heavy atom. The van der Waals surface area contributed by atoms with Crippen molar-refractivity contribution in [3.63, 3.8) is 0 Å². The molecule has 3 aromatic rings. The molecular weight excluding hydrogens is 1100 g/mol. The molecule has 8 atom stereocenters. The predicted molar refractivity (Wildman–Crippen MR) is 310 cm³/mol. The van der Waals surface area contributed by atoms with Gasteiger partial charge in [-0.05, 0) is 114 Å². The molecule has 8 bridgehead atoms. The van der Waals surface area contributed by atoms with Gasteiger partial charge in [-0.3, -0.25) is 29.2 Å². The first kappa shape index (κ1) is 67.8. The maximum atomic E-state index is 15.4. The number of fused-ring (bicyclic) bond motifs is 8. The van der Waals surface area contributed by atoms with Gasteiger partial charge in [-0.15, -0.1) is 11.8 Å². The van der Waals surface area contributed by atoms with Gasteiger partial charge in [-0.1, -0.05) is 13.8 Å². The number of aliphatic hydroxyl groups excluding tert-OH is 4. The van der Waals surface area contributed by atoms with Crippen LogP contribution >= 0.6 is 11.8 Å². The van der Waals surface area contributed by atoms with Crippen molar-refractivity contribution in [1.29, 1.82) is 0 Å². The number of aryl methyl sites for hydroxylation is 2. The van der Waals surface area contributed by atoms with Crippen LogP contribution in [-0.4, -0.2) is 213 Å². The Kier molecular flexibility index (Phi) is 24.8. The normalized spacial score (nSPS) is 22.2. The summed E-state index contributed by atoms with van der Waals surface area (Å²) in [5, 5.41) is 51.6. The number of imide groups is 1. The number of hydrogen-bond acceptors (Lipinski definition) is 18. The van der Waals surface area contributed by atoms with E-state index in [2.05, 4.69) is 47.0 Å². The first-order chi connectivity index (χ1) is 39.1. The molecular formula is C59H85N8NaO14S. The Morgan fingerprint density at radius 1 is 0.928 bits per heavy atom. The van der Waals surface area contributed by atoms with Gasteiger partial charge in [0.2, 0.25) is 5.91 Å². The average Bonchev–Trinajstić information content (AvgIpc) is 2.36. The third-order valence-corrected chi connectivity index (χ3v) is 17.1. The van der Waals surface area contributed by atoms with E-state index in [1.807, 2.05) is 32.9 Å². The number of hydrogen-bond donors (Lipinski definition) is 7. The number of ether oxygens (including phenoxy) is 5. The van der Waals surface area contributed by atoms with Crippen LogP contribution in [0.4, 0.5) is 4.79 Å². The molecule has 83 heavy (non-hydrogen) atoms. The zero-order valence-electron chi connectivity index (χ0n) is 50.4. The smallest absolute Gasteiger partial charge is 0.857 e. The number of carbonyl (C=O) groups is 4. The van der Waals surface area contributed by atoms with Crippen molar-refractivity contribution < 1.29 is 98.0 Å². The monoisotopic (exact) mass is 1180 g/mol. The van der Waals surface area contributed by atoms with Crippen molar-refractivity contribution >= 4 is 68.8 Å². The second-order valence-electron chi connectivity index (χ2n) is 22.4. The SMILES string of the molecule is CCC1=C(C)c2cc3[nH]c(cc4nc(c5c6[nH]c(cc1n2)c(C)c6C(=O)N(CCN1CCOCC1)C5=O)[C@@H](CCC(=O)N(C)CCCS[C@@H]1O[C@H](CO)[C@@H](O)[C@H](O)[C@H]1O)[C@@H]4C)c(C)c3C(C)OCCOCCNC(=O)OC(C)(C)C.C[O-].[Na+]. The quantitative estimate of drug-likeness (QED) is 0.0455. The zero-order chi connectivity index (χ0) is 59.7.